The SMILES string of the molecule is COC(=O)C(C)(CNC(=O)C1CC1C)c1ccccc1. The number of esters is 1. The second kappa shape index (κ2) is 5.65. The molecule has 4 heteroatoms. The number of benzene rings is 1. The van der Waals surface area contributed by atoms with Crippen LogP contribution in [0, 0.1) is 11.8 Å². The van der Waals surface area contributed by atoms with E-state index in [9.17, 15) is 9.59 Å². The Morgan fingerprint density at radius 2 is 1.95 bits per heavy atom. The van der Waals surface area contributed by atoms with Gasteiger partial charge in [0.2, 0.25) is 5.91 Å². The van der Waals surface area contributed by atoms with E-state index < -0.39 is 5.41 Å². The number of nitrogens with one attached hydrogen (secondary N) is 1. The second-order valence-electron chi connectivity index (χ2n) is 5.73. The summed E-state index contributed by atoms with van der Waals surface area (Å²) in [6, 6.07) is 9.40. The summed E-state index contributed by atoms with van der Waals surface area (Å²) >= 11 is 0. The molecule has 0 heterocycles. The lowest BCUT2D eigenvalue weighted by Gasteiger charge is -2.27. The highest BCUT2D eigenvalue weighted by molar-refractivity contribution is 5.86. The molecule has 2 rings (SSSR count). The number of hydrogen-bond donors (Lipinski definition) is 1. The molecule has 1 saturated carbocycles. The minimum absolute atomic E-state index is 0.0311. The molecule has 0 aliphatic heterocycles. The molecule has 4 nitrogen and oxygen atoms in total. The Labute approximate surface area is 119 Å². The number of hydrogen-bond acceptors (Lipinski definition) is 3. The van der Waals surface area contributed by atoms with Crippen LogP contribution in [0.5, 0.6) is 0 Å². The van der Waals surface area contributed by atoms with E-state index in [1.54, 1.807) is 6.92 Å². The topological polar surface area (TPSA) is 55.4 Å². The van der Waals surface area contributed by atoms with E-state index in [1.807, 2.05) is 30.3 Å². The molecule has 0 saturated heterocycles. The maximum absolute atomic E-state index is 12.1. The molecule has 108 valence electrons. The average molecular weight is 275 g/mol. The standard InChI is InChI=1S/C16H21NO3/c1-11-9-13(11)14(18)17-10-16(2,15(19)20-3)12-7-5-4-6-8-12/h4-8,11,13H,9-10H2,1-3H3,(H,17,18). The third-order valence-electron chi connectivity index (χ3n) is 4.11. The van der Waals surface area contributed by atoms with Crippen molar-refractivity contribution in [3.8, 4) is 0 Å². The van der Waals surface area contributed by atoms with Crippen molar-refractivity contribution in [2.75, 3.05) is 13.7 Å². The first-order chi connectivity index (χ1) is 9.49. The van der Waals surface area contributed by atoms with Gasteiger partial charge in [-0.1, -0.05) is 37.3 Å². The Kier molecular flexibility index (Phi) is 4.12. The molecule has 3 unspecified atom stereocenters. The summed E-state index contributed by atoms with van der Waals surface area (Å²) < 4.78 is 4.91. The van der Waals surface area contributed by atoms with Crippen molar-refractivity contribution in [1.29, 1.82) is 0 Å². The fourth-order valence-electron chi connectivity index (χ4n) is 2.41. The minimum atomic E-state index is -0.857. The third kappa shape index (κ3) is 2.84. The van der Waals surface area contributed by atoms with Crippen LogP contribution in [-0.2, 0) is 19.7 Å². The van der Waals surface area contributed by atoms with Gasteiger partial charge >= 0.3 is 5.97 Å². The Morgan fingerprint density at radius 1 is 1.35 bits per heavy atom. The van der Waals surface area contributed by atoms with E-state index in [0.717, 1.165) is 12.0 Å². The van der Waals surface area contributed by atoms with E-state index in [2.05, 4.69) is 12.2 Å². The van der Waals surface area contributed by atoms with Crippen molar-refractivity contribution in [2.24, 2.45) is 11.8 Å². The summed E-state index contributed by atoms with van der Waals surface area (Å²) in [4.78, 5) is 24.1. The van der Waals surface area contributed by atoms with E-state index in [0.29, 0.717) is 5.92 Å². The average Bonchev–Trinajstić information content (AvgIpc) is 3.21. The van der Waals surface area contributed by atoms with Gasteiger partial charge in [0.25, 0.3) is 0 Å². The molecular formula is C16H21NO3. The Morgan fingerprint density at radius 3 is 2.45 bits per heavy atom. The van der Waals surface area contributed by atoms with Crippen LogP contribution in [0.15, 0.2) is 30.3 Å². The number of ether oxygens (including phenoxy) is 1. The van der Waals surface area contributed by atoms with Gasteiger partial charge in [-0.3, -0.25) is 9.59 Å². The number of carbonyl (C=O) groups is 2. The molecule has 0 spiro atoms. The normalized spacial score (nSPS) is 23.6. The van der Waals surface area contributed by atoms with Crippen molar-refractivity contribution in [3.63, 3.8) is 0 Å². The predicted molar refractivity (Wildman–Crippen MR) is 76.1 cm³/mol. The second-order valence-corrected chi connectivity index (χ2v) is 5.73. The van der Waals surface area contributed by atoms with Crippen LogP contribution in [0.25, 0.3) is 0 Å². The molecule has 0 aromatic heterocycles. The maximum atomic E-state index is 12.1. The van der Waals surface area contributed by atoms with Gasteiger partial charge in [0.15, 0.2) is 0 Å². The van der Waals surface area contributed by atoms with Crippen molar-refractivity contribution in [1.82, 2.24) is 5.32 Å². The number of methoxy groups -OCH3 is 1. The van der Waals surface area contributed by atoms with Gasteiger partial charge in [-0.15, -0.1) is 0 Å². The highest BCUT2D eigenvalue weighted by Gasteiger charge is 2.41. The lowest BCUT2D eigenvalue weighted by molar-refractivity contribution is -0.146. The molecule has 3 atom stereocenters. The summed E-state index contributed by atoms with van der Waals surface area (Å²) in [7, 11) is 1.37. The molecule has 20 heavy (non-hydrogen) atoms. The molecule has 0 radical (unpaired) electrons. The van der Waals surface area contributed by atoms with E-state index in [1.165, 1.54) is 7.11 Å². The molecule has 1 aliphatic carbocycles. The lowest BCUT2D eigenvalue weighted by Crippen LogP contribution is -2.45. The fraction of sp³-hybridized carbons (Fsp3) is 0.500. The zero-order valence-electron chi connectivity index (χ0n) is 12.2. The van der Waals surface area contributed by atoms with Crippen molar-refractivity contribution < 1.29 is 14.3 Å². The highest BCUT2D eigenvalue weighted by atomic mass is 16.5. The van der Waals surface area contributed by atoms with Crippen LogP contribution in [-0.4, -0.2) is 25.5 Å². The van der Waals surface area contributed by atoms with Gasteiger partial charge in [0.1, 0.15) is 5.41 Å². The molecule has 1 N–H and O–H groups in total. The fourth-order valence-corrected chi connectivity index (χ4v) is 2.41. The first-order valence-electron chi connectivity index (χ1n) is 6.90. The third-order valence-corrected chi connectivity index (χ3v) is 4.11. The zero-order valence-corrected chi connectivity index (χ0v) is 12.2. The van der Waals surface area contributed by atoms with Gasteiger partial charge in [-0.25, -0.2) is 0 Å². The van der Waals surface area contributed by atoms with Crippen molar-refractivity contribution in [3.05, 3.63) is 35.9 Å². The van der Waals surface area contributed by atoms with Gasteiger partial charge in [-0.2, -0.15) is 0 Å². The van der Waals surface area contributed by atoms with E-state index in [-0.39, 0.29) is 24.3 Å². The number of carbonyl (C=O) groups excluding carboxylic acids is 2. The molecular weight excluding hydrogens is 254 g/mol. The quantitative estimate of drug-likeness (QED) is 0.835. The monoisotopic (exact) mass is 275 g/mol. The highest BCUT2D eigenvalue weighted by Crippen LogP contribution is 2.37. The summed E-state index contributed by atoms with van der Waals surface area (Å²) in [5.41, 5.74) is -0.0138. The maximum Gasteiger partial charge on any atom is 0.317 e. The summed E-state index contributed by atoms with van der Waals surface area (Å²) in [5.74, 6) is 0.250. The molecule has 1 amide bonds. The van der Waals surface area contributed by atoms with E-state index in [4.69, 9.17) is 4.74 Å². The largest absolute Gasteiger partial charge is 0.468 e. The first-order valence-corrected chi connectivity index (χ1v) is 6.90. The van der Waals surface area contributed by atoms with Crippen LogP contribution < -0.4 is 5.32 Å². The number of amides is 1. The Hall–Kier alpha value is -1.84. The van der Waals surface area contributed by atoms with Crippen molar-refractivity contribution in [2.45, 2.75) is 25.7 Å². The summed E-state index contributed by atoms with van der Waals surface area (Å²) in [5, 5.41) is 2.89. The molecule has 1 aromatic rings. The molecule has 0 bridgehead atoms. The van der Waals surface area contributed by atoms with Gasteiger partial charge in [0.05, 0.1) is 7.11 Å². The summed E-state index contributed by atoms with van der Waals surface area (Å²) in [6.45, 7) is 4.11. The van der Waals surface area contributed by atoms with Crippen LogP contribution in [0.1, 0.15) is 25.8 Å². The Bertz CT molecular complexity index is 500. The van der Waals surface area contributed by atoms with Crippen LogP contribution in [0.2, 0.25) is 0 Å². The van der Waals surface area contributed by atoms with Crippen LogP contribution >= 0.6 is 0 Å². The van der Waals surface area contributed by atoms with Crippen LogP contribution in [0.3, 0.4) is 0 Å². The first kappa shape index (κ1) is 14.6. The molecule has 1 aromatic carbocycles. The van der Waals surface area contributed by atoms with Crippen molar-refractivity contribution >= 4 is 11.9 Å². The summed E-state index contributed by atoms with van der Waals surface area (Å²) in [6.07, 6.45) is 0.937. The molecule has 1 fully saturated rings. The minimum Gasteiger partial charge on any atom is -0.468 e. The van der Waals surface area contributed by atoms with Gasteiger partial charge in [-0.05, 0) is 24.8 Å². The predicted octanol–water partition coefficient (Wildman–Crippen LogP) is 1.89. The Balaban J connectivity index is 2.11. The van der Waals surface area contributed by atoms with Gasteiger partial charge in [0, 0.05) is 12.5 Å². The lowest BCUT2D eigenvalue weighted by atomic mass is 9.82. The van der Waals surface area contributed by atoms with Gasteiger partial charge < -0.3 is 10.1 Å². The van der Waals surface area contributed by atoms with Crippen LogP contribution in [0.4, 0.5) is 0 Å². The zero-order chi connectivity index (χ0) is 14.8. The number of rotatable bonds is 5. The smallest absolute Gasteiger partial charge is 0.317 e. The van der Waals surface area contributed by atoms with E-state index >= 15 is 0 Å². The molecule has 1 aliphatic rings.